The van der Waals surface area contributed by atoms with E-state index in [4.69, 9.17) is 0 Å². The molecule has 3 rings (SSSR count). The topological polar surface area (TPSA) is 91.5 Å². The zero-order chi connectivity index (χ0) is 27.4. The highest BCUT2D eigenvalue weighted by atomic mass is 19.3. The summed E-state index contributed by atoms with van der Waals surface area (Å²) in [5, 5.41) is 25.2. The van der Waals surface area contributed by atoms with E-state index < -0.39 is 61.1 Å². The Kier molecular flexibility index (Phi) is 8.59. The highest BCUT2D eigenvalue weighted by Gasteiger charge is 2.44. The minimum atomic E-state index is -4.25. The fourth-order valence-electron chi connectivity index (χ4n) is 3.96. The van der Waals surface area contributed by atoms with Gasteiger partial charge in [-0.15, -0.1) is 0 Å². The summed E-state index contributed by atoms with van der Waals surface area (Å²) < 4.78 is 81.4. The number of hydrogen-bond donors (Lipinski definition) is 2. The summed E-state index contributed by atoms with van der Waals surface area (Å²) in [5.74, 6) is -7.00. The third-order valence-corrected chi connectivity index (χ3v) is 5.99. The predicted molar refractivity (Wildman–Crippen MR) is 119 cm³/mol. The van der Waals surface area contributed by atoms with Crippen LogP contribution in [-0.2, 0) is 18.6 Å². The number of aliphatic hydroxyl groups is 2. The molecular formula is C24H24F6N4O3. The van der Waals surface area contributed by atoms with Crippen LogP contribution in [0.25, 0.3) is 0 Å². The van der Waals surface area contributed by atoms with E-state index in [1.807, 2.05) is 0 Å². The molecule has 37 heavy (non-hydrogen) atoms. The van der Waals surface area contributed by atoms with Gasteiger partial charge in [0, 0.05) is 30.2 Å². The quantitative estimate of drug-likeness (QED) is 0.371. The third-order valence-electron chi connectivity index (χ3n) is 5.99. The van der Waals surface area contributed by atoms with Crippen LogP contribution in [0.4, 0.5) is 26.3 Å². The lowest BCUT2D eigenvalue weighted by Gasteiger charge is -2.41. The van der Waals surface area contributed by atoms with E-state index in [0.29, 0.717) is 6.07 Å². The van der Waals surface area contributed by atoms with E-state index in [2.05, 4.69) is 10.1 Å². The van der Waals surface area contributed by atoms with Crippen LogP contribution >= 0.6 is 0 Å². The van der Waals surface area contributed by atoms with E-state index in [0.717, 1.165) is 41.3 Å². The highest BCUT2D eigenvalue weighted by molar-refractivity contribution is 5.94. The van der Waals surface area contributed by atoms with Gasteiger partial charge in [0.15, 0.2) is 0 Å². The lowest BCUT2D eigenvalue weighted by Crippen LogP contribution is -2.54. The summed E-state index contributed by atoms with van der Waals surface area (Å²) in [6.45, 7) is 0.0895. The van der Waals surface area contributed by atoms with Gasteiger partial charge in [-0.05, 0) is 30.7 Å². The van der Waals surface area contributed by atoms with Crippen molar-refractivity contribution in [3.63, 3.8) is 0 Å². The number of carbonyl (C=O) groups is 1. The molecule has 0 saturated heterocycles. The van der Waals surface area contributed by atoms with Crippen LogP contribution in [0.2, 0.25) is 0 Å². The van der Waals surface area contributed by atoms with Crippen LogP contribution in [0, 0.1) is 11.6 Å². The number of nitrogens with zero attached hydrogens (tertiary/aromatic N) is 4. The second-order valence-electron chi connectivity index (χ2n) is 8.48. The summed E-state index contributed by atoms with van der Waals surface area (Å²) in [6, 6.07) is 5.75. The summed E-state index contributed by atoms with van der Waals surface area (Å²) >= 11 is 0. The van der Waals surface area contributed by atoms with Crippen LogP contribution in [-0.4, -0.2) is 67.3 Å². The molecular weight excluding hydrogens is 506 g/mol. The van der Waals surface area contributed by atoms with Crippen molar-refractivity contribution in [2.24, 2.45) is 0 Å². The molecule has 1 amide bonds. The summed E-state index contributed by atoms with van der Waals surface area (Å²) in [5.41, 5.74) is -2.75. The fraction of sp³-hybridized carbons (Fsp3) is 0.375. The standard InChI is InChI=1S/C24H24F6N4O3/c1-15(23(37,12-33-14-31-13-32-33)19-7-6-18(25)10-20(19)26)34(8-9-35)21(36)17-4-2-16(3-5-17)11-24(29,30)22(27)28/h2-7,10,13-15,22,35,37H,8-9,11-12H2,1H3/t15-,23-/m1/s1. The maximum absolute atomic E-state index is 14.8. The van der Waals surface area contributed by atoms with E-state index >= 15 is 0 Å². The van der Waals surface area contributed by atoms with Crippen molar-refractivity contribution in [3.8, 4) is 0 Å². The van der Waals surface area contributed by atoms with Crippen molar-refractivity contribution >= 4 is 5.91 Å². The Morgan fingerprint density at radius 2 is 1.81 bits per heavy atom. The monoisotopic (exact) mass is 530 g/mol. The van der Waals surface area contributed by atoms with Gasteiger partial charge in [0.25, 0.3) is 5.91 Å². The first-order chi connectivity index (χ1) is 17.4. The molecule has 0 bridgehead atoms. The number of aromatic nitrogens is 3. The predicted octanol–water partition coefficient (Wildman–Crippen LogP) is 3.41. The van der Waals surface area contributed by atoms with Gasteiger partial charge in [0.05, 0.1) is 19.2 Å². The average molecular weight is 530 g/mol. The number of alkyl halides is 4. The fourth-order valence-corrected chi connectivity index (χ4v) is 3.96. The van der Waals surface area contributed by atoms with E-state index in [9.17, 15) is 41.4 Å². The molecule has 13 heteroatoms. The average Bonchev–Trinajstić information content (AvgIpc) is 3.34. The Morgan fingerprint density at radius 1 is 1.14 bits per heavy atom. The van der Waals surface area contributed by atoms with Gasteiger partial charge in [-0.3, -0.25) is 4.79 Å². The Morgan fingerprint density at radius 3 is 2.35 bits per heavy atom. The van der Waals surface area contributed by atoms with Crippen molar-refractivity contribution in [1.82, 2.24) is 19.7 Å². The van der Waals surface area contributed by atoms with Crippen molar-refractivity contribution in [1.29, 1.82) is 0 Å². The summed E-state index contributed by atoms with van der Waals surface area (Å²) in [4.78, 5) is 18.1. The van der Waals surface area contributed by atoms with Gasteiger partial charge in [0.1, 0.15) is 29.9 Å². The Bertz CT molecular complexity index is 1190. The minimum absolute atomic E-state index is 0.0629. The van der Waals surface area contributed by atoms with E-state index in [1.54, 1.807) is 0 Å². The van der Waals surface area contributed by atoms with Crippen molar-refractivity contribution < 1.29 is 41.4 Å². The lowest BCUT2D eigenvalue weighted by atomic mass is 9.85. The van der Waals surface area contributed by atoms with Crippen LogP contribution in [0.5, 0.6) is 0 Å². The third kappa shape index (κ3) is 6.28. The zero-order valence-electron chi connectivity index (χ0n) is 19.5. The highest BCUT2D eigenvalue weighted by Crippen LogP contribution is 2.34. The second kappa shape index (κ2) is 11.3. The van der Waals surface area contributed by atoms with Gasteiger partial charge >= 0.3 is 12.3 Å². The molecule has 0 radical (unpaired) electrons. The van der Waals surface area contributed by atoms with Crippen LogP contribution in [0.1, 0.15) is 28.4 Å². The van der Waals surface area contributed by atoms with Crippen molar-refractivity contribution in [2.45, 2.75) is 43.9 Å². The van der Waals surface area contributed by atoms with E-state index in [1.165, 1.54) is 24.3 Å². The summed E-state index contributed by atoms with van der Waals surface area (Å²) in [6.07, 6.45) is -2.69. The van der Waals surface area contributed by atoms with E-state index in [-0.39, 0.29) is 23.2 Å². The minimum Gasteiger partial charge on any atom is -0.395 e. The zero-order valence-corrected chi connectivity index (χ0v) is 19.5. The molecule has 0 fully saturated rings. The summed E-state index contributed by atoms with van der Waals surface area (Å²) in [7, 11) is 0. The van der Waals surface area contributed by atoms with Crippen molar-refractivity contribution in [3.05, 3.63) is 83.4 Å². The first-order valence-corrected chi connectivity index (χ1v) is 11.1. The number of aliphatic hydroxyl groups excluding tert-OH is 1. The van der Waals surface area contributed by atoms with Gasteiger partial charge in [-0.2, -0.15) is 13.9 Å². The lowest BCUT2D eigenvalue weighted by molar-refractivity contribution is -0.127. The normalized spacial score (nSPS) is 14.4. The second-order valence-corrected chi connectivity index (χ2v) is 8.48. The number of carbonyl (C=O) groups excluding carboxylic acids is 1. The molecule has 0 aliphatic heterocycles. The van der Waals surface area contributed by atoms with Crippen LogP contribution < -0.4 is 0 Å². The molecule has 1 aromatic heterocycles. The van der Waals surface area contributed by atoms with Crippen molar-refractivity contribution in [2.75, 3.05) is 13.2 Å². The largest absolute Gasteiger partial charge is 0.395 e. The molecule has 7 nitrogen and oxygen atoms in total. The molecule has 2 N–H and O–H groups in total. The SMILES string of the molecule is C[C@@H](N(CCO)C(=O)c1ccc(CC(F)(F)C(F)F)cc1)[C@](O)(Cn1cncn1)c1ccc(F)cc1F. The maximum atomic E-state index is 14.8. The Balaban J connectivity index is 1.96. The smallest absolute Gasteiger partial charge is 0.311 e. The van der Waals surface area contributed by atoms with Gasteiger partial charge < -0.3 is 15.1 Å². The molecule has 0 spiro atoms. The molecule has 0 aliphatic carbocycles. The number of rotatable bonds is 11. The maximum Gasteiger partial charge on any atom is 0.311 e. The number of benzene rings is 2. The Labute approximate surface area is 208 Å². The molecule has 2 aromatic carbocycles. The molecule has 1 heterocycles. The molecule has 2 atom stereocenters. The van der Waals surface area contributed by atoms with Crippen LogP contribution in [0.3, 0.4) is 0 Å². The number of hydrogen-bond acceptors (Lipinski definition) is 5. The first kappa shape index (κ1) is 28.1. The molecule has 0 saturated carbocycles. The van der Waals surface area contributed by atoms with Crippen LogP contribution in [0.15, 0.2) is 55.1 Å². The number of amides is 1. The van der Waals surface area contributed by atoms with Gasteiger partial charge in [0.2, 0.25) is 0 Å². The molecule has 3 aromatic rings. The molecule has 0 unspecified atom stereocenters. The van der Waals surface area contributed by atoms with Gasteiger partial charge in [-0.25, -0.2) is 27.2 Å². The number of halogens is 6. The Hall–Kier alpha value is -3.45. The first-order valence-electron chi connectivity index (χ1n) is 11.1. The molecule has 200 valence electrons. The van der Waals surface area contributed by atoms with Gasteiger partial charge in [-0.1, -0.05) is 18.2 Å². The molecule has 0 aliphatic rings.